The highest BCUT2D eigenvalue weighted by atomic mass is 32.2. The second-order valence-electron chi connectivity index (χ2n) is 13.9. The Morgan fingerprint density at radius 3 is 1.58 bits per heavy atom. The van der Waals surface area contributed by atoms with Crippen molar-refractivity contribution in [2.45, 2.75) is 117 Å². The van der Waals surface area contributed by atoms with Crippen molar-refractivity contribution in [2.75, 3.05) is 39.3 Å². The molecule has 0 saturated carbocycles. The molecule has 0 unspecified atom stereocenters. The fraction of sp³-hybridized carbons (Fsp3) is 0.719. The van der Waals surface area contributed by atoms with Crippen LogP contribution in [0, 0.1) is 6.92 Å². The van der Waals surface area contributed by atoms with Gasteiger partial charge in [-0.25, -0.2) is 14.4 Å². The molecule has 0 heterocycles. The van der Waals surface area contributed by atoms with E-state index in [1.807, 2.05) is 6.92 Å². The number of aryl methyl sites for hydroxylation is 1. The summed E-state index contributed by atoms with van der Waals surface area (Å²) >= 11 is 0. The Morgan fingerprint density at radius 2 is 1.11 bits per heavy atom. The first-order chi connectivity index (χ1) is 20.6. The minimum absolute atomic E-state index is 0.0257. The number of hydrogen-bond acceptors (Lipinski definition) is 9. The van der Waals surface area contributed by atoms with E-state index in [1.165, 1.54) is 12.1 Å². The molecule has 0 radical (unpaired) electrons. The van der Waals surface area contributed by atoms with Crippen LogP contribution in [0.4, 0.5) is 14.4 Å². The second kappa shape index (κ2) is 17.6. The molecule has 3 amide bonds. The fourth-order valence-electron chi connectivity index (χ4n) is 3.82. The molecule has 0 fully saturated rings. The number of alkyl carbamates (subject to hydrolysis) is 1. The number of hydrogen-bond donors (Lipinski definition) is 1. The molecule has 0 bridgehead atoms. The van der Waals surface area contributed by atoms with E-state index in [0.717, 1.165) is 5.56 Å². The SMILES string of the molecule is Cc1ccc(S(=O)(=O)OCCCCN(CCCN(CCCNC(=O)OC(C)(C)C)C(=O)OC(C)(C)C)C(=O)OC(C)(C)C)cc1. The van der Waals surface area contributed by atoms with Crippen LogP contribution in [0.25, 0.3) is 0 Å². The average molecular weight is 658 g/mol. The molecular weight excluding hydrogens is 602 g/mol. The lowest BCUT2D eigenvalue weighted by atomic mass is 10.2. The molecule has 13 heteroatoms. The summed E-state index contributed by atoms with van der Waals surface area (Å²) in [7, 11) is -3.87. The first kappa shape index (κ1) is 40.0. The highest BCUT2D eigenvalue weighted by Crippen LogP contribution is 2.16. The van der Waals surface area contributed by atoms with Crippen molar-refractivity contribution in [3.8, 4) is 0 Å². The first-order valence-electron chi connectivity index (χ1n) is 15.5. The van der Waals surface area contributed by atoms with Crippen LogP contribution in [0.1, 0.15) is 93.6 Å². The Morgan fingerprint density at radius 1 is 0.667 bits per heavy atom. The van der Waals surface area contributed by atoms with Crippen LogP contribution < -0.4 is 5.32 Å². The zero-order valence-corrected chi connectivity index (χ0v) is 29.7. The van der Waals surface area contributed by atoms with Gasteiger partial charge in [-0.15, -0.1) is 0 Å². The summed E-state index contributed by atoms with van der Waals surface area (Å²) in [5.74, 6) is 0. The zero-order valence-electron chi connectivity index (χ0n) is 28.9. The lowest BCUT2D eigenvalue weighted by Crippen LogP contribution is -2.42. The largest absolute Gasteiger partial charge is 0.444 e. The van der Waals surface area contributed by atoms with E-state index in [1.54, 1.807) is 84.2 Å². The van der Waals surface area contributed by atoms with Crippen molar-refractivity contribution >= 4 is 28.4 Å². The van der Waals surface area contributed by atoms with E-state index in [2.05, 4.69) is 5.32 Å². The molecular formula is C32H55N3O9S. The lowest BCUT2D eigenvalue weighted by molar-refractivity contribution is 0.0201. The van der Waals surface area contributed by atoms with E-state index < -0.39 is 45.2 Å². The van der Waals surface area contributed by atoms with Crippen molar-refractivity contribution in [3.63, 3.8) is 0 Å². The molecule has 0 aromatic heterocycles. The van der Waals surface area contributed by atoms with E-state index in [4.69, 9.17) is 18.4 Å². The normalized spacial score (nSPS) is 12.3. The van der Waals surface area contributed by atoms with Gasteiger partial charge in [0.1, 0.15) is 16.8 Å². The smallest absolute Gasteiger partial charge is 0.410 e. The molecule has 1 rings (SSSR count). The monoisotopic (exact) mass is 657 g/mol. The van der Waals surface area contributed by atoms with Crippen LogP contribution in [0.2, 0.25) is 0 Å². The van der Waals surface area contributed by atoms with Crippen molar-refractivity contribution in [2.24, 2.45) is 0 Å². The molecule has 0 aliphatic rings. The van der Waals surface area contributed by atoms with Gasteiger partial charge in [0.15, 0.2) is 0 Å². The van der Waals surface area contributed by atoms with Crippen molar-refractivity contribution in [1.29, 1.82) is 0 Å². The van der Waals surface area contributed by atoms with Crippen LogP contribution >= 0.6 is 0 Å². The first-order valence-corrected chi connectivity index (χ1v) is 16.9. The molecule has 1 aromatic rings. The van der Waals surface area contributed by atoms with Gasteiger partial charge in [-0.3, -0.25) is 4.18 Å². The highest BCUT2D eigenvalue weighted by molar-refractivity contribution is 7.86. The van der Waals surface area contributed by atoms with Gasteiger partial charge in [0.05, 0.1) is 11.5 Å². The predicted molar refractivity (Wildman–Crippen MR) is 173 cm³/mol. The summed E-state index contributed by atoms with van der Waals surface area (Å²) < 4.78 is 46.5. The summed E-state index contributed by atoms with van der Waals surface area (Å²) in [5.41, 5.74) is -1.06. The molecule has 1 N–H and O–H groups in total. The number of unbranched alkanes of at least 4 members (excludes halogenated alkanes) is 1. The molecule has 12 nitrogen and oxygen atoms in total. The summed E-state index contributed by atoms with van der Waals surface area (Å²) in [6.07, 6.45) is 0.276. The van der Waals surface area contributed by atoms with Crippen LogP contribution in [0.15, 0.2) is 29.2 Å². The molecule has 1 aromatic carbocycles. The minimum Gasteiger partial charge on any atom is -0.444 e. The topological polar surface area (TPSA) is 141 Å². The van der Waals surface area contributed by atoms with E-state index >= 15 is 0 Å². The quantitative estimate of drug-likeness (QED) is 0.131. The molecule has 0 aliphatic carbocycles. The number of nitrogens with zero attached hydrogens (tertiary/aromatic N) is 2. The summed E-state index contributed by atoms with van der Waals surface area (Å²) in [6, 6.07) is 6.43. The Hall–Kier alpha value is -3.06. The van der Waals surface area contributed by atoms with Gasteiger partial charge < -0.3 is 29.3 Å². The molecule has 258 valence electrons. The summed E-state index contributed by atoms with van der Waals surface area (Å²) in [6.45, 7) is 19.4. The van der Waals surface area contributed by atoms with E-state index in [9.17, 15) is 22.8 Å². The number of benzene rings is 1. The van der Waals surface area contributed by atoms with Crippen LogP contribution in [-0.2, 0) is 28.5 Å². The molecule has 0 spiro atoms. The maximum Gasteiger partial charge on any atom is 0.410 e. The Balaban J connectivity index is 2.75. The van der Waals surface area contributed by atoms with Gasteiger partial charge in [0.2, 0.25) is 0 Å². The Labute approximate surface area is 270 Å². The fourth-order valence-corrected chi connectivity index (χ4v) is 4.76. The Bertz CT molecular complexity index is 1180. The minimum atomic E-state index is -3.87. The van der Waals surface area contributed by atoms with Crippen molar-refractivity contribution in [3.05, 3.63) is 29.8 Å². The Kier molecular flexibility index (Phi) is 15.6. The number of nitrogens with one attached hydrogen (secondary N) is 1. The number of rotatable bonds is 15. The predicted octanol–water partition coefficient (Wildman–Crippen LogP) is 6.26. The summed E-state index contributed by atoms with van der Waals surface area (Å²) in [5, 5.41) is 2.69. The molecule has 45 heavy (non-hydrogen) atoms. The molecule has 0 saturated heterocycles. The number of ether oxygens (including phenoxy) is 3. The van der Waals surface area contributed by atoms with Crippen LogP contribution in [0.5, 0.6) is 0 Å². The average Bonchev–Trinajstić information content (AvgIpc) is 2.85. The van der Waals surface area contributed by atoms with Gasteiger partial charge in [-0.2, -0.15) is 8.42 Å². The number of carbonyl (C=O) groups excluding carboxylic acids is 3. The van der Waals surface area contributed by atoms with E-state index in [0.29, 0.717) is 58.4 Å². The third-order valence-electron chi connectivity index (χ3n) is 5.80. The van der Waals surface area contributed by atoms with Gasteiger partial charge in [0, 0.05) is 32.7 Å². The maximum absolute atomic E-state index is 13.0. The third kappa shape index (κ3) is 18.5. The number of carbonyl (C=O) groups is 3. The van der Waals surface area contributed by atoms with Gasteiger partial charge >= 0.3 is 18.3 Å². The van der Waals surface area contributed by atoms with Crippen LogP contribution in [0.3, 0.4) is 0 Å². The summed E-state index contributed by atoms with van der Waals surface area (Å²) in [4.78, 5) is 41.1. The standard InChI is InChI=1S/C32H55N3O9S/c1-25-15-17-26(18-16-25)45(39,40)41-24-12-11-20-34(28(37)43-31(5,6)7)22-14-23-35(29(38)44-32(8,9)10)21-13-19-33-27(36)42-30(2,3)4/h15-18H,11-14,19-24H2,1-10H3,(H,33,36). The second-order valence-corrected chi connectivity index (χ2v) is 15.5. The molecule has 0 atom stereocenters. The molecule has 0 aliphatic heterocycles. The lowest BCUT2D eigenvalue weighted by Gasteiger charge is -2.30. The van der Waals surface area contributed by atoms with Gasteiger partial charge in [-0.05, 0) is 107 Å². The van der Waals surface area contributed by atoms with Gasteiger partial charge in [0.25, 0.3) is 10.1 Å². The van der Waals surface area contributed by atoms with Crippen LogP contribution in [-0.4, -0.2) is 92.6 Å². The zero-order chi connectivity index (χ0) is 34.5. The van der Waals surface area contributed by atoms with E-state index in [-0.39, 0.29) is 11.5 Å². The van der Waals surface area contributed by atoms with Gasteiger partial charge in [-0.1, -0.05) is 17.7 Å². The third-order valence-corrected chi connectivity index (χ3v) is 7.13. The number of amides is 3. The maximum atomic E-state index is 13.0. The van der Waals surface area contributed by atoms with Crippen molar-refractivity contribution in [1.82, 2.24) is 15.1 Å². The van der Waals surface area contributed by atoms with Crippen molar-refractivity contribution < 1.29 is 41.2 Å². The highest BCUT2D eigenvalue weighted by Gasteiger charge is 2.25.